The van der Waals surface area contributed by atoms with Crippen molar-refractivity contribution < 1.29 is 9.53 Å². The molecule has 0 radical (unpaired) electrons. The van der Waals surface area contributed by atoms with E-state index >= 15 is 0 Å². The normalized spacial score (nSPS) is 11.0. The van der Waals surface area contributed by atoms with Crippen molar-refractivity contribution in [3.63, 3.8) is 0 Å². The summed E-state index contributed by atoms with van der Waals surface area (Å²) in [5.74, 6) is 2.05. The first-order valence-corrected chi connectivity index (χ1v) is 12.0. The Labute approximate surface area is 201 Å². The Morgan fingerprint density at radius 2 is 1.68 bits per heavy atom. The van der Waals surface area contributed by atoms with E-state index in [1.54, 1.807) is 0 Å². The number of hydrogen-bond acceptors (Lipinski definition) is 3. The molecule has 5 nitrogen and oxygen atoms in total. The number of nitrogens with zero attached hydrogens (tertiary/aromatic N) is 2. The van der Waals surface area contributed by atoms with Crippen molar-refractivity contribution in [2.24, 2.45) is 0 Å². The van der Waals surface area contributed by atoms with Gasteiger partial charge in [0, 0.05) is 19.5 Å². The van der Waals surface area contributed by atoms with Crippen molar-refractivity contribution in [2.75, 3.05) is 13.2 Å². The highest BCUT2D eigenvalue weighted by Crippen LogP contribution is 2.19. The maximum atomic E-state index is 12.2. The van der Waals surface area contributed by atoms with Crippen molar-refractivity contribution >= 4 is 16.9 Å². The quantitative estimate of drug-likeness (QED) is 0.308. The fourth-order valence-electron chi connectivity index (χ4n) is 4.31. The molecule has 4 rings (SSSR count). The van der Waals surface area contributed by atoms with E-state index < -0.39 is 0 Å². The first-order valence-electron chi connectivity index (χ1n) is 12.0. The molecule has 0 bridgehead atoms. The lowest BCUT2D eigenvalue weighted by Crippen LogP contribution is -2.26. The van der Waals surface area contributed by atoms with Crippen molar-refractivity contribution in [1.82, 2.24) is 14.9 Å². The van der Waals surface area contributed by atoms with Gasteiger partial charge in [-0.05, 0) is 67.6 Å². The highest BCUT2D eigenvalue weighted by Gasteiger charge is 2.11. The second kappa shape index (κ2) is 11.5. The number of hydrogen-bond donors (Lipinski definition) is 1. The van der Waals surface area contributed by atoms with E-state index in [4.69, 9.17) is 9.72 Å². The number of amides is 1. The van der Waals surface area contributed by atoms with Crippen LogP contribution in [0, 0.1) is 13.8 Å². The van der Waals surface area contributed by atoms with Crippen molar-refractivity contribution in [3.05, 3.63) is 95.3 Å². The first-order chi connectivity index (χ1) is 16.6. The van der Waals surface area contributed by atoms with E-state index in [0.29, 0.717) is 19.6 Å². The molecule has 176 valence electrons. The molecule has 1 amide bonds. The zero-order valence-electron chi connectivity index (χ0n) is 20.1. The molecule has 5 heteroatoms. The van der Waals surface area contributed by atoms with E-state index in [1.165, 1.54) is 11.1 Å². The predicted molar refractivity (Wildman–Crippen MR) is 137 cm³/mol. The molecule has 0 unspecified atom stereocenters. The zero-order valence-corrected chi connectivity index (χ0v) is 20.1. The van der Waals surface area contributed by atoms with E-state index in [2.05, 4.69) is 60.1 Å². The lowest BCUT2D eigenvalue weighted by atomic mass is 10.1. The summed E-state index contributed by atoms with van der Waals surface area (Å²) in [6.07, 6.45) is 2.98. The van der Waals surface area contributed by atoms with Gasteiger partial charge in [-0.3, -0.25) is 4.79 Å². The predicted octanol–water partition coefficient (Wildman–Crippen LogP) is 5.41. The Balaban J connectivity index is 1.30. The first kappa shape index (κ1) is 23.6. The van der Waals surface area contributed by atoms with Crippen molar-refractivity contribution in [2.45, 2.75) is 46.1 Å². The van der Waals surface area contributed by atoms with Gasteiger partial charge in [-0.25, -0.2) is 4.98 Å². The van der Waals surface area contributed by atoms with Crippen LogP contribution in [0.5, 0.6) is 5.75 Å². The van der Waals surface area contributed by atoms with Crippen LogP contribution in [0.15, 0.2) is 72.8 Å². The second-order valence-corrected chi connectivity index (χ2v) is 8.81. The Hall–Kier alpha value is -3.60. The molecule has 1 heterocycles. The molecule has 0 saturated carbocycles. The van der Waals surface area contributed by atoms with Gasteiger partial charge in [0.2, 0.25) is 5.91 Å². The number of fused-ring (bicyclic) bond motifs is 1. The van der Waals surface area contributed by atoms with Crippen LogP contribution in [0.3, 0.4) is 0 Å². The average Bonchev–Trinajstić information content (AvgIpc) is 3.17. The van der Waals surface area contributed by atoms with Gasteiger partial charge in [-0.2, -0.15) is 0 Å². The molecule has 4 aromatic rings. The Morgan fingerprint density at radius 1 is 0.941 bits per heavy atom. The minimum absolute atomic E-state index is 0.0586. The second-order valence-electron chi connectivity index (χ2n) is 8.81. The molecule has 0 aliphatic heterocycles. The maximum Gasteiger partial charge on any atom is 0.224 e. The molecule has 0 aliphatic rings. The van der Waals surface area contributed by atoms with E-state index in [-0.39, 0.29) is 5.91 Å². The molecule has 0 saturated heterocycles. The summed E-state index contributed by atoms with van der Waals surface area (Å²) in [6.45, 7) is 6.33. The molecular weight excluding hydrogens is 422 g/mol. The van der Waals surface area contributed by atoms with Crippen LogP contribution in [0.25, 0.3) is 11.0 Å². The highest BCUT2D eigenvalue weighted by atomic mass is 16.5. The van der Waals surface area contributed by atoms with Gasteiger partial charge in [0.25, 0.3) is 0 Å². The number of aromatic nitrogens is 2. The van der Waals surface area contributed by atoms with Gasteiger partial charge in [-0.1, -0.05) is 48.5 Å². The summed E-state index contributed by atoms with van der Waals surface area (Å²) in [5, 5.41) is 3.04. The van der Waals surface area contributed by atoms with Crippen LogP contribution in [0.4, 0.5) is 0 Å². The number of para-hydroxylation sites is 2. The van der Waals surface area contributed by atoms with E-state index in [0.717, 1.165) is 54.0 Å². The topological polar surface area (TPSA) is 56.1 Å². The van der Waals surface area contributed by atoms with Crippen molar-refractivity contribution in [3.8, 4) is 5.75 Å². The summed E-state index contributed by atoms with van der Waals surface area (Å²) in [4.78, 5) is 17.1. The fraction of sp³-hybridized carbons (Fsp3) is 0.310. The number of benzene rings is 3. The fourth-order valence-corrected chi connectivity index (χ4v) is 4.31. The Kier molecular flexibility index (Phi) is 7.97. The molecule has 34 heavy (non-hydrogen) atoms. The van der Waals surface area contributed by atoms with Crippen molar-refractivity contribution in [1.29, 1.82) is 0 Å². The van der Waals surface area contributed by atoms with Gasteiger partial charge >= 0.3 is 0 Å². The van der Waals surface area contributed by atoms with Crippen LogP contribution in [0.2, 0.25) is 0 Å². The summed E-state index contributed by atoms with van der Waals surface area (Å²) in [7, 11) is 0. The number of aryl methyl sites for hydroxylation is 4. The molecule has 0 fully saturated rings. The minimum Gasteiger partial charge on any atom is -0.494 e. The number of imidazole rings is 1. The lowest BCUT2D eigenvalue weighted by Gasteiger charge is -2.12. The standard InChI is InChI=1S/C29H33N3O2/c1-22-18-23(2)20-25(19-22)34-17-9-16-32-27-13-7-6-12-26(27)31-28(32)14-8-15-30-29(33)21-24-10-4-3-5-11-24/h3-7,10-13,18-20H,8-9,14-17,21H2,1-2H3,(H,30,33). The third-order valence-electron chi connectivity index (χ3n) is 5.83. The number of carbonyl (C=O) groups is 1. The molecule has 1 N–H and O–H groups in total. The summed E-state index contributed by atoms with van der Waals surface area (Å²) in [6, 6.07) is 24.4. The average molecular weight is 456 g/mol. The van der Waals surface area contributed by atoms with E-state index in [1.807, 2.05) is 36.4 Å². The van der Waals surface area contributed by atoms with Crippen LogP contribution < -0.4 is 10.1 Å². The monoisotopic (exact) mass is 455 g/mol. The van der Waals surface area contributed by atoms with Crippen LogP contribution in [0.1, 0.15) is 35.4 Å². The molecular formula is C29H33N3O2. The Bertz CT molecular complexity index is 1210. The van der Waals surface area contributed by atoms with Crippen LogP contribution >= 0.6 is 0 Å². The highest BCUT2D eigenvalue weighted by molar-refractivity contribution is 5.78. The van der Waals surface area contributed by atoms with Crippen LogP contribution in [-0.2, 0) is 24.2 Å². The molecule has 0 aliphatic carbocycles. The van der Waals surface area contributed by atoms with Gasteiger partial charge in [0.05, 0.1) is 24.1 Å². The minimum atomic E-state index is 0.0586. The molecule has 3 aromatic carbocycles. The number of nitrogens with one attached hydrogen (secondary N) is 1. The molecule has 0 atom stereocenters. The number of ether oxygens (including phenoxy) is 1. The number of rotatable bonds is 11. The lowest BCUT2D eigenvalue weighted by molar-refractivity contribution is -0.120. The van der Waals surface area contributed by atoms with Gasteiger partial charge < -0.3 is 14.6 Å². The summed E-state index contributed by atoms with van der Waals surface area (Å²) in [5.41, 5.74) is 5.63. The van der Waals surface area contributed by atoms with Gasteiger partial charge in [0.15, 0.2) is 0 Å². The Morgan fingerprint density at radius 3 is 2.47 bits per heavy atom. The largest absolute Gasteiger partial charge is 0.494 e. The van der Waals surface area contributed by atoms with Crippen LogP contribution in [-0.4, -0.2) is 28.6 Å². The summed E-state index contributed by atoms with van der Waals surface area (Å²) >= 11 is 0. The van der Waals surface area contributed by atoms with Gasteiger partial charge in [-0.15, -0.1) is 0 Å². The smallest absolute Gasteiger partial charge is 0.224 e. The maximum absolute atomic E-state index is 12.2. The zero-order chi connectivity index (χ0) is 23.8. The number of carbonyl (C=O) groups excluding carboxylic acids is 1. The third-order valence-corrected chi connectivity index (χ3v) is 5.83. The SMILES string of the molecule is Cc1cc(C)cc(OCCCn2c(CCCNC(=O)Cc3ccccc3)nc3ccccc32)c1. The third kappa shape index (κ3) is 6.47. The van der Waals surface area contributed by atoms with E-state index in [9.17, 15) is 4.79 Å². The molecule has 1 aromatic heterocycles. The molecule has 0 spiro atoms. The summed E-state index contributed by atoms with van der Waals surface area (Å²) < 4.78 is 8.31. The van der Waals surface area contributed by atoms with Gasteiger partial charge in [0.1, 0.15) is 11.6 Å².